The summed E-state index contributed by atoms with van der Waals surface area (Å²) in [4.78, 5) is 5.36. The second kappa shape index (κ2) is 4.12. The molecule has 0 amide bonds. The van der Waals surface area contributed by atoms with E-state index in [0.717, 1.165) is 10.6 Å². The summed E-state index contributed by atoms with van der Waals surface area (Å²) in [6, 6.07) is 5.65. The van der Waals surface area contributed by atoms with E-state index in [4.69, 9.17) is 30.0 Å². The Morgan fingerprint density at radius 3 is 2.62 bits per heavy atom. The molecule has 1 aliphatic heterocycles. The van der Waals surface area contributed by atoms with Crippen LogP contribution >= 0.6 is 38.7 Å². The number of rotatable bonds is 1. The van der Waals surface area contributed by atoms with E-state index in [2.05, 4.69) is 4.99 Å². The fraction of sp³-hybridized carbons (Fsp3) is 0.222. The van der Waals surface area contributed by atoms with E-state index < -0.39 is 13.9 Å². The van der Waals surface area contributed by atoms with Crippen molar-refractivity contribution in [2.75, 3.05) is 6.26 Å². The molecule has 0 atom stereocenters. The van der Waals surface area contributed by atoms with Crippen LogP contribution in [0.2, 0.25) is 0 Å². The number of nitrogens with zero attached hydrogens (tertiary/aromatic N) is 1. The van der Waals surface area contributed by atoms with Crippen LogP contribution in [-0.2, 0) is 3.10 Å². The van der Waals surface area contributed by atoms with E-state index in [1.54, 1.807) is 18.7 Å². The van der Waals surface area contributed by atoms with Gasteiger partial charge in [-0.2, -0.15) is 0 Å². The van der Waals surface area contributed by atoms with Crippen LogP contribution in [0.3, 0.4) is 0 Å². The first-order valence-corrected chi connectivity index (χ1v) is 17.7. The Kier molecular flexibility index (Phi) is 3.38. The number of aliphatic imine (C=N–C) groups is 1. The fourth-order valence-electron chi connectivity index (χ4n) is 1.47. The van der Waals surface area contributed by atoms with Crippen LogP contribution in [-0.4, -0.2) is 26.0 Å². The van der Waals surface area contributed by atoms with Gasteiger partial charge in [0.05, 0.1) is 0 Å². The molecule has 7 heteroatoms. The summed E-state index contributed by atoms with van der Waals surface area (Å²) in [6.45, 7) is 1.70. The molecular weight excluding hydrogens is 404 g/mol. The van der Waals surface area contributed by atoms with Gasteiger partial charge in [0.25, 0.3) is 0 Å². The maximum atomic E-state index is 6.27. The van der Waals surface area contributed by atoms with Crippen molar-refractivity contribution in [3.8, 4) is 0 Å². The Morgan fingerprint density at radius 1 is 1.31 bits per heavy atom. The van der Waals surface area contributed by atoms with Crippen LogP contribution in [0.25, 0.3) is 0 Å². The van der Waals surface area contributed by atoms with Crippen LogP contribution in [0.4, 0.5) is 5.69 Å². The summed E-state index contributed by atoms with van der Waals surface area (Å²) < 4.78 is 6.04. The average Bonchev–Trinajstić information content (AvgIpc) is 2.13. The summed E-state index contributed by atoms with van der Waals surface area (Å²) >= 11 is -3.01. The molecular formula is C9H10Cl3NOSTe. The number of hydrogen-bond acceptors (Lipinski definition) is 3. The van der Waals surface area contributed by atoms with Gasteiger partial charge >= 0.3 is 112 Å². The third-order valence-electron chi connectivity index (χ3n) is 2.11. The van der Waals surface area contributed by atoms with Crippen molar-refractivity contribution in [1.29, 1.82) is 0 Å². The predicted molar refractivity (Wildman–Crippen MR) is 76.4 cm³/mol. The molecule has 16 heavy (non-hydrogen) atoms. The van der Waals surface area contributed by atoms with E-state index in [1.165, 1.54) is 0 Å². The van der Waals surface area contributed by atoms with Crippen LogP contribution in [0, 0.1) is 0 Å². The van der Waals surface area contributed by atoms with E-state index in [-0.39, 0.29) is 0 Å². The van der Waals surface area contributed by atoms with Crippen molar-refractivity contribution in [2.45, 2.75) is 11.8 Å². The summed E-state index contributed by atoms with van der Waals surface area (Å²) in [5.74, 6) is 0.424. The van der Waals surface area contributed by atoms with Crippen LogP contribution in [0.15, 0.2) is 28.1 Å². The van der Waals surface area contributed by atoms with Gasteiger partial charge in [0.15, 0.2) is 0 Å². The van der Waals surface area contributed by atoms with Crippen LogP contribution in [0.5, 0.6) is 0 Å². The summed E-state index contributed by atoms with van der Waals surface area (Å²) in [5.41, 5.74) is 0.720. The van der Waals surface area contributed by atoms with Gasteiger partial charge in [0, 0.05) is 0 Å². The molecule has 1 heterocycles. The van der Waals surface area contributed by atoms with E-state index in [1.807, 2.05) is 24.5 Å². The standard InChI is InChI=1S/C9H10Cl3NOSTe/c1-6-13-8-5-7(15-2)3-4-9(8)16(10,11,12)14-6/h3-5,16H,1-2H3. The van der Waals surface area contributed by atoms with Crippen molar-refractivity contribution in [1.82, 2.24) is 0 Å². The summed E-state index contributed by atoms with van der Waals surface area (Å²) in [5, 5.41) is 0. The van der Waals surface area contributed by atoms with Gasteiger partial charge in [-0.1, -0.05) is 0 Å². The third-order valence-corrected chi connectivity index (χ3v) is 12.7. The minimum absolute atomic E-state index is 0.424. The number of thioether (sulfide) groups is 1. The van der Waals surface area contributed by atoms with E-state index in [9.17, 15) is 0 Å². The Balaban J connectivity index is 2.67. The average molecular weight is 414 g/mol. The molecule has 2 rings (SSSR count). The summed E-state index contributed by atoms with van der Waals surface area (Å²) in [7, 11) is 18.8. The second-order valence-corrected chi connectivity index (χ2v) is 26.8. The molecule has 0 spiro atoms. The molecule has 0 saturated carbocycles. The zero-order valence-corrected chi connectivity index (χ0v) is 14.2. The molecule has 1 aromatic carbocycles. The van der Waals surface area contributed by atoms with Gasteiger partial charge in [-0.05, 0) is 0 Å². The van der Waals surface area contributed by atoms with Gasteiger partial charge in [0.1, 0.15) is 0 Å². The normalized spacial score (nSPS) is 23.3. The molecule has 0 unspecified atom stereocenters. The summed E-state index contributed by atoms with van der Waals surface area (Å²) in [6.07, 6.45) is 1.99. The van der Waals surface area contributed by atoms with E-state index in [0.29, 0.717) is 9.51 Å². The molecule has 0 fully saturated rings. The zero-order valence-electron chi connectivity index (χ0n) is 8.58. The molecule has 1 aromatic rings. The number of halogens is 3. The molecule has 0 radical (unpaired) electrons. The Morgan fingerprint density at radius 2 is 2.00 bits per heavy atom. The SMILES string of the molecule is CSc1ccc2c(c1)N=C(C)O[TeH]2(Cl)(Cl)Cl. The quantitative estimate of drug-likeness (QED) is 0.518. The predicted octanol–water partition coefficient (Wildman–Crippen LogP) is 3.53. The first-order chi connectivity index (χ1) is 7.30. The first kappa shape index (κ1) is 13.1. The molecule has 2 nitrogen and oxygen atoms in total. The first-order valence-electron chi connectivity index (χ1n) is 4.42. The molecule has 0 aliphatic carbocycles. The van der Waals surface area contributed by atoms with Crippen molar-refractivity contribution < 1.29 is 3.10 Å². The van der Waals surface area contributed by atoms with Crippen molar-refractivity contribution in [2.24, 2.45) is 4.99 Å². The Bertz CT molecular complexity index is 483. The number of hydrogen-bond donors (Lipinski definition) is 0. The molecule has 0 bridgehead atoms. The number of benzene rings is 1. The third kappa shape index (κ3) is 2.43. The maximum absolute atomic E-state index is 6.27. The van der Waals surface area contributed by atoms with Gasteiger partial charge in [-0.15, -0.1) is 0 Å². The molecule has 1 aliphatic rings. The van der Waals surface area contributed by atoms with Gasteiger partial charge in [-0.3, -0.25) is 0 Å². The molecule has 0 aromatic heterocycles. The zero-order chi connectivity index (χ0) is 12.0. The minimum atomic E-state index is -4.64. The van der Waals surface area contributed by atoms with Gasteiger partial charge < -0.3 is 0 Å². The fourth-order valence-corrected chi connectivity index (χ4v) is 10.6. The van der Waals surface area contributed by atoms with Crippen molar-refractivity contribution in [3.05, 3.63) is 18.2 Å². The van der Waals surface area contributed by atoms with Crippen molar-refractivity contribution in [3.63, 3.8) is 0 Å². The number of fused-ring (bicyclic) bond motifs is 1. The molecule has 0 N–H and O–H groups in total. The Labute approximate surface area is 111 Å². The van der Waals surface area contributed by atoms with Gasteiger partial charge in [-0.25, -0.2) is 0 Å². The molecule has 0 saturated heterocycles. The van der Waals surface area contributed by atoms with E-state index >= 15 is 0 Å². The molecule has 90 valence electrons. The second-order valence-electron chi connectivity index (χ2n) is 3.32. The van der Waals surface area contributed by atoms with Crippen LogP contribution in [0.1, 0.15) is 6.92 Å². The van der Waals surface area contributed by atoms with Crippen molar-refractivity contribution >= 4 is 67.7 Å². The Hall–Kier alpha value is 0.700. The topological polar surface area (TPSA) is 21.6 Å². The van der Waals surface area contributed by atoms with Crippen LogP contribution < -0.4 is 3.61 Å². The monoisotopic (exact) mass is 415 g/mol. The van der Waals surface area contributed by atoms with Gasteiger partial charge in [0.2, 0.25) is 0 Å².